The predicted octanol–water partition coefficient (Wildman–Crippen LogP) is 3.93. The molecule has 0 saturated carbocycles. The van der Waals surface area contributed by atoms with Gasteiger partial charge in [-0.15, -0.1) is 0 Å². The summed E-state index contributed by atoms with van der Waals surface area (Å²) < 4.78 is 5.93. The minimum absolute atomic E-state index is 0.0428. The van der Waals surface area contributed by atoms with Crippen molar-refractivity contribution in [1.82, 2.24) is 4.90 Å². The highest BCUT2D eigenvalue weighted by atomic mass is 79.9. The second-order valence-electron chi connectivity index (χ2n) is 6.63. The Bertz CT molecular complexity index is 893. The fourth-order valence-corrected chi connectivity index (χ4v) is 2.99. The van der Waals surface area contributed by atoms with Crippen LogP contribution >= 0.6 is 15.9 Å². The Labute approximate surface area is 165 Å². The highest BCUT2D eigenvalue weighted by molar-refractivity contribution is 9.10. The fourth-order valence-electron chi connectivity index (χ4n) is 2.63. The molecule has 3 rings (SSSR count). The second kappa shape index (κ2) is 7.92. The molecule has 0 aliphatic carbocycles. The van der Waals surface area contributed by atoms with Gasteiger partial charge in [-0.2, -0.15) is 0 Å². The third-order valence-electron chi connectivity index (χ3n) is 4.04. The first-order chi connectivity index (χ1) is 12.9. The maximum atomic E-state index is 12.4. The number of carbonyl (C=O) groups is 3. The molecule has 0 aromatic heterocycles. The summed E-state index contributed by atoms with van der Waals surface area (Å²) in [5, 5.41) is 3.03. The zero-order chi connectivity index (χ0) is 19.6. The summed E-state index contributed by atoms with van der Waals surface area (Å²) in [4.78, 5) is 37.9. The van der Waals surface area contributed by atoms with Gasteiger partial charge in [-0.1, -0.05) is 29.8 Å². The molecule has 0 fully saturated rings. The third-order valence-corrected chi connectivity index (χ3v) is 4.54. The number of amides is 2. The van der Waals surface area contributed by atoms with E-state index in [0.29, 0.717) is 29.0 Å². The van der Waals surface area contributed by atoms with E-state index < -0.39 is 0 Å². The van der Waals surface area contributed by atoms with Crippen molar-refractivity contribution in [1.29, 1.82) is 0 Å². The van der Waals surface area contributed by atoms with Gasteiger partial charge in [-0.3, -0.25) is 14.5 Å². The molecule has 0 unspecified atom stereocenters. The van der Waals surface area contributed by atoms with Crippen LogP contribution in [0.1, 0.15) is 44.9 Å². The first kappa shape index (κ1) is 19.1. The Morgan fingerprint density at radius 2 is 1.74 bits per heavy atom. The van der Waals surface area contributed by atoms with Gasteiger partial charge in [0.15, 0.2) is 0 Å². The number of halogens is 1. The van der Waals surface area contributed by atoms with Crippen molar-refractivity contribution < 1.29 is 19.1 Å². The van der Waals surface area contributed by atoms with Crippen LogP contribution in [0.25, 0.3) is 0 Å². The maximum absolute atomic E-state index is 12.4. The summed E-state index contributed by atoms with van der Waals surface area (Å²) in [6.45, 7) is 4.35. The number of anilines is 1. The highest BCUT2D eigenvalue weighted by Gasteiger charge is 2.35. The average molecular weight is 431 g/mol. The van der Waals surface area contributed by atoms with Crippen molar-refractivity contribution in [3.05, 3.63) is 63.6 Å². The number of esters is 1. The minimum atomic E-state index is -0.374. The number of carbonyl (C=O) groups excluding carboxylic acids is 3. The zero-order valence-electron chi connectivity index (χ0n) is 15.0. The Morgan fingerprint density at radius 1 is 1.07 bits per heavy atom. The average Bonchev–Trinajstić information content (AvgIpc) is 2.88. The SMILES string of the molecule is CC(C)COC(=O)c1ccc(NCN2C(=O)c3ccc(Br)cc3C2=O)cc1. The summed E-state index contributed by atoms with van der Waals surface area (Å²) in [6, 6.07) is 11.7. The van der Waals surface area contributed by atoms with Gasteiger partial charge < -0.3 is 10.1 Å². The van der Waals surface area contributed by atoms with Crippen LogP contribution in [0.5, 0.6) is 0 Å². The van der Waals surface area contributed by atoms with Crippen LogP contribution in [0, 0.1) is 5.92 Å². The summed E-state index contributed by atoms with van der Waals surface area (Å²) >= 11 is 3.31. The quantitative estimate of drug-likeness (QED) is 0.554. The summed E-state index contributed by atoms with van der Waals surface area (Å²) in [7, 11) is 0. The van der Waals surface area contributed by atoms with Gasteiger partial charge in [0.2, 0.25) is 0 Å². The molecule has 1 aliphatic heterocycles. The van der Waals surface area contributed by atoms with Gasteiger partial charge in [-0.05, 0) is 48.4 Å². The van der Waals surface area contributed by atoms with Crippen molar-refractivity contribution >= 4 is 39.4 Å². The Kier molecular flexibility index (Phi) is 5.60. The van der Waals surface area contributed by atoms with E-state index in [2.05, 4.69) is 21.2 Å². The molecule has 27 heavy (non-hydrogen) atoms. The lowest BCUT2D eigenvalue weighted by Gasteiger charge is -2.15. The van der Waals surface area contributed by atoms with Crippen LogP contribution < -0.4 is 5.32 Å². The number of nitrogens with one attached hydrogen (secondary N) is 1. The van der Waals surface area contributed by atoms with Gasteiger partial charge in [0.05, 0.1) is 30.0 Å². The molecule has 2 aromatic carbocycles. The van der Waals surface area contributed by atoms with Crippen LogP contribution in [-0.2, 0) is 4.74 Å². The first-order valence-corrected chi connectivity index (χ1v) is 9.33. The van der Waals surface area contributed by atoms with E-state index in [1.807, 2.05) is 13.8 Å². The van der Waals surface area contributed by atoms with Crippen LogP contribution in [0.15, 0.2) is 46.9 Å². The van der Waals surface area contributed by atoms with E-state index in [0.717, 1.165) is 9.37 Å². The largest absolute Gasteiger partial charge is 0.462 e. The molecule has 0 saturated heterocycles. The molecule has 1 aliphatic rings. The lowest BCUT2D eigenvalue weighted by atomic mass is 10.1. The summed E-state index contributed by atoms with van der Waals surface area (Å²) in [5.74, 6) is -0.766. The zero-order valence-corrected chi connectivity index (χ0v) is 16.6. The molecule has 6 nitrogen and oxygen atoms in total. The predicted molar refractivity (Wildman–Crippen MR) is 105 cm³/mol. The summed E-state index contributed by atoms with van der Waals surface area (Å²) in [6.07, 6.45) is 0. The lowest BCUT2D eigenvalue weighted by molar-refractivity contribution is 0.0458. The monoisotopic (exact) mass is 430 g/mol. The van der Waals surface area contributed by atoms with E-state index >= 15 is 0 Å². The molecule has 0 spiro atoms. The smallest absolute Gasteiger partial charge is 0.338 e. The van der Waals surface area contributed by atoms with Crippen molar-refractivity contribution in [2.75, 3.05) is 18.6 Å². The lowest BCUT2D eigenvalue weighted by Crippen LogP contribution is -2.34. The van der Waals surface area contributed by atoms with Crippen molar-refractivity contribution in [2.45, 2.75) is 13.8 Å². The maximum Gasteiger partial charge on any atom is 0.338 e. The first-order valence-electron chi connectivity index (χ1n) is 8.53. The number of fused-ring (bicyclic) bond motifs is 1. The van der Waals surface area contributed by atoms with E-state index in [4.69, 9.17) is 4.74 Å². The number of imide groups is 1. The molecule has 7 heteroatoms. The third kappa shape index (κ3) is 4.19. The van der Waals surface area contributed by atoms with Crippen LogP contribution in [0.3, 0.4) is 0 Å². The van der Waals surface area contributed by atoms with Crippen LogP contribution in [0.2, 0.25) is 0 Å². The standard InChI is InChI=1S/C20H19BrN2O4/c1-12(2)10-27-20(26)13-3-6-15(7-4-13)22-11-23-18(24)16-8-5-14(21)9-17(16)19(23)25/h3-9,12,22H,10-11H2,1-2H3. The normalized spacial score (nSPS) is 13.1. The second-order valence-corrected chi connectivity index (χ2v) is 7.55. The van der Waals surface area contributed by atoms with Crippen LogP contribution in [0.4, 0.5) is 5.69 Å². The number of rotatable bonds is 6. The molecular formula is C20H19BrN2O4. The highest BCUT2D eigenvalue weighted by Crippen LogP contribution is 2.26. The van der Waals surface area contributed by atoms with Crippen molar-refractivity contribution in [2.24, 2.45) is 5.92 Å². The Balaban J connectivity index is 1.62. The molecule has 0 atom stereocenters. The number of nitrogens with zero attached hydrogens (tertiary/aromatic N) is 1. The fraction of sp³-hybridized carbons (Fsp3) is 0.250. The van der Waals surface area contributed by atoms with E-state index in [1.54, 1.807) is 42.5 Å². The molecule has 0 bridgehead atoms. The molecule has 1 N–H and O–H groups in total. The minimum Gasteiger partial charge on any atom is -0.462 e. The molecular weight excluding hydrogens is 412 g/mol. The molecule has 2 amide bonds. The Hall–Kier alpha value is -2.67. The van der Waals surface area contributed by atoms with Gasteiger partial charge in [0, 0.05) is 10.2 Å². The van der Waals surface area contributed by atoms with Gasteiger partial charge in [0.1, 0.15) is 0 Å². The van der Waals surface area contributed by atoms with Gasteiger partial charge in [0.25, 0.3) is 11.8 Å². The van der Waals surface area contributed by atoms with Crippen molar-refractivity contribution in [3.8, 4) is 0 Å². The van der Waals surface area contributed by atoms with Crippen LogP contribution in [-0.4, -0.2) is 36.0 Å². The number of hydrogen-bond acceptors (Lipinski definition) is 5. The van der Waals surface area contributed by atoms with Gasteiger partial charge in [-0.25, -0.2) is 4.79 Å². The van der Waals surface area contributed by atoms with E-state index in [9.17, 15) is 14.4 Å². The molecule has 140 valence electrons. The van der Waals surface area contributed by atoms with Gasteiger partial charge >= 0.3 is 5.97 Å². The van der Waals surface area contributed by atoms with E-state index in [-0.39, 0.29) is 30.4 Å². The molecule has 2 aromatic rings. The van der Waals surface area contributed by atoms with E-state index in [1.165, 1.54) is 0 Å². The number of benzene rings is 2. The summed E-state index contributed by atoms with van der Waals surface area (Å²) in [5.41, 5.74) is 1.92. The number of hydrogen-bond donors (Lipinski definition) is 1. The Morgan fingerprint density at radius 3 is 2.41 bits per heavy atom. The topological polar surface area (TPSA) is 75.7 Å². The molecule has 0 radical (unpaired) electrons. The number of ether oxygens (including phenoxy) is 1. The van der Waals surface area contributed by atoms with Crippen molar-refractivity contribution in [3.63, 3.8) is 0 Å². The molecule has 1 heterocycles.